The largest absolute Gasteiger partial charge is 0.469 e. The molecule has 8 heteroatoms. The maximum Gasteiger partial charge on any atom is 0.461 e. The fourth-order valence-corrected chi connectivity index (χ4v) is 1.57. The molecule has 0 aliphatic heterocycles. The maximum absolute atomic E-state index is 12.8. The topological polar surface area (TPSA) is 52.6 Å². The van der Waals surface area contributed by atoms with E-state index in [1.165, 1.54) is 19.2 Å². The van der Waals surface area contributed by atoms with Crippen molar-refractivity contribution >= 4 is 11.8 Å². The predicted octanol–water partition coefficient (Wildman–Crippen LogP) is 3.45. The molecule has 0 saturated carbocycles. The molecule has 122 valence electrons. The van der Waals surface area contributed by atoms with Crippen LogP contribution >= 0.6 is 0 Å². The number of ketones is 1. The second-order valence-corrected chi connectivity index (χ2v) is 4.35. The maximum atomic E-state index is 12.8. The minimum absolute atomic E-state index is 0.0101. The van der Waals surface area contributed by atoms with Gasteiger partial charge in [-0.05, 0) is 18.6 Å². The standard InChI is InChI=1S/C14H14F4O4/c1-21-12(20)7-3-6-11(19)9-4-2-5-10(8-9)22-14(17,18)13(15)16/h2,4-5,8,13H,3,6-7H2,1H3. The van der Waals surface area contributed by atoms with Gasteiger partial charge in [-0.2, -0.15) is 17.6 Å². The highest BCUT2D eigenvalue weighted by Gasteiger charge is 2.44. The van der Waals surface area contributed by atoms with Crippen LogP contribution in [-0.4, -0.2) is 31.4 Å². The molecule has 0 spiro atoms. The lowest BCUT2D eigenvalue weighted by Gasteiger charge is -2.17. The molecule has 1 aromatic rings. The Balaban J connectivity index is 2.67. The fraction of sp³-hybridized carbons (Fsp3) is 0.429. The second-order valence-electron chi connectivity index (χ2n) is 4.35. The highest BCUT2D eigenvalue weighted by molar-refractivity contribution is 5.96. The smallest absolute Gasteiger partial charge is 0.461 e. The Morgan fingerprint density at radius 1 is 1.23 bits per heavy atom. The van der Waals surface area contributed by atoms with E-state index >= 15 is 0 Å². The molecular formula is C14H14F4O4. The van der Waals surface area contributed by atoms with Gasteiger partial charge in [0, 0.05) is 18.4 Å². The quantitative estimate of drug-likeness (QED) is 0.418. The van der Waals surface area contributed by atoms with Crippen molar-refractivity contribution < 1.29 is 36.6 Å². The average molecular weight is 322 g/mol. The summed E-state index contributed by atoms with van der Waals surface area (Å²) in [5.74, 6) is -1.43. The van der Waals surface area contributed by atoms with Gasteiger partial charge in [-0.15, -0.1) is 0 Å². The third-order valence-corrected chi connectivity index (χ3v) is 2.68. The van der Waals surface area contributed by atoms with Gasteiger partial charge in [0.1, 0.15) is 5.75 Å². The van der Waals surface area contributed by atoms with Gasteiger partial charge >= 0.3 is 18.5 Å². The van der Waals surface area contributed by atoms with Crippen LogP contribution in [-0.2, 0) is 9.53 Å². The lowest BCUT2D eigenvalue weighted by atomic mass is 10.1. The second kappa shape index (κ2) is 7.77. The van der Waals surface area contributed by atoms with Crippen LogP contribution in [0.4, 0.5) is 17.6 Å². The van der Waals surface area contributed by atoms with Crippen LogP contribution in [0.2, 0.25) is 0 Å². The number of hydrogen-bond acceptors (Lipinski definition) is 4. The molecule has 1 rings (SSSR count). The Morgan fingerprint density at radius 3 is 2.50 bits per heavy atom. The van der Waals surface area contributed by atoms with Gasteiger partial charge in [0.25, 0.3) is 0 Å². The number of ether oxygens (including phenoxy) is 2. The van der Waals surface area contributed by atoms with Gasteiger partial charge in [0.05, 0.1) is 7.11 Å². The van der Waals surface area contributed by atoms with Crippen molar-refractivity contribution in [1.82, 2.24) is 0 Å². The van der Waals surface area contributed by atoms with Gasteiger partial charge < -0.3 is 9.47 Å². The Labute approximate surface area is 124 Å². The molecule has 0 aromatic heterocycles. The molecule has 1 aromatic carbocycles. The number of halogens is 4. The number of esters is 1. The first-order chi connectivity index (χ1) is 10.3. The van der Waals surface area contributed by atoms with Crippen molar-refractivity contribution in [1.29, 1.82) is 0 Å². The van der Waals surface area contributed by atoms with Crippen molar-refractivity contribution in [3.8, 4) is 5.75 Å². The van der Waals surface area contributed by atoms with Crippen LogP contribution in [0.3, 0.4) is 0 Å². The van der Waals surface area contributed by atoms with E-state index in [0.717, 1.165) is 12.1 Å². The van der Waals surface area contributed by atoms with Crippen molar-refractivity contribution in [3.05, 3.63) is 29.8 Å². The minimum Gasteiger partial charge on any atom is -0.469 e. The number of carbonyl (C=O) groups excluding carboxylic acids is 2. The summed E-state index contributed by atoms with van der Waals surface area (Å²) in [5, 5.41) is 0. The van der Waals surface area contributed by atoms with E-state index in [1.54, 1.807) is 0 Å². The predicted molar refractivity (Wildman–Crippen MR) is 68.2 cm³/mol. The molecule has 0 atom stereocenters. The zero-order valence-corrected chi connectivity index (χ0v) is 11.7. The van der Waals surface area contributed by atoms with E-state index in [2.05, 4.69) is 9.47 Å². The van der Waals surface area contributed by atoms with Crippen LogP contribution in [0.1, 0.15) is 29.6 Å². The molecule has 0 N–H and O–H groups in total. The average Bonchev–Trinajstić information content (AvgIpc) is 2.46. The number of rotatable bonds is 8. The highest BCUT2D eigenvalue weighted by Crippen LogP contribution is 2.28. The summed E-state index contributed by atoms with van der Waals surface area (Å²) in [5.41, 5.74) is 0.0347. The number of hydrogen-bond donors (Lipinski definition) is 0. The normalized spacial score (nSPS) is 11.4. The molecule has 0 unspecified atom stereocenters. The fourth-order valence-electron chi connectivity index (χ4n) is 1.57. The van der Waals surface area contributed by atoms with Gasteiger partial charge in [0.2, 0.25) is 0 Å². The van der Waals surface area contributed by atoms with Crippen LogP contribution in [0.25, 0.3) is 0 Å². The SMILES string of the molecule is COC(=O)CCCC(=O)c1cccc(OC(F)(F)C(F)F)c1. The Hall–Kier alpha value is -2.12. The molecule has 0 saturated heterocycles. The van der Waals surface area contributed by atoms with E-state index in [4.69, 9.17) is 0 Å². The summed E-state index contributed by atoms with van der Waals surface area (Å²) < 4.78 is 58.0. The van der Waals surface area contributed by atoms with Gasteiger partial charge in [-0.1, -0.05) is 12.1 Å². The summed E-state index contributed by atoms with van der Waals surface area (Å²) in [4.78, 5) is 22.7. The minimum atomic E-state index is -4.63. The number of benzene rings is 1. The van der Waals surface area contributed by atoms with Gasteiger partial charge in [0.15, 0.2) is 5.78 Å². The van der Waals surface area contributed by atoms with Crippen molar-refractivity contribution in [2.75, 3.05) is 7.11 Å². The zero-order chi connectivity index (χ0) is 16.8. The Morgan fingerprint density at radius 2 is 1.91 bits per heavy atom. The van der Waals surface area contributed by atoms with Crippen molar-refractivity contribution in [3.63, 3.8) is 0 Å². The van der Waals surface area contributed by atoms with Crippen LogP contribution < -0.4 is 4.74 Å². The number of Topliss-reactive ketones (excluding diaryl/α,β-unsaturated/α-hetero) is 1. The van der Waals surface area contributed by atoms with E-state index in [1.807, 2.05) is 0 Å². The van der Waals surface area contributed by atoms with E-state index in [-0.39, 0.29) is 24.8 Å². The summed E-state index contributed by atoms with van der Waals surface area (Å²) in [6.45, 7) is 0. The van der Waals surface area contributed by atoms with Crippen LogP contribution in [0.5, 0.6) is 5.75 Å². The summed E-state index contributed by atoms with van der Waals surface area (Å²) >= 11 is 0. The molecule has 0 heterocycles. The summed E-state index contributed by atoms with van der Waals surface area (Å²) in [6.07, 6.45) is -8.35. The number of alkyl halides is 4. The number of methoxy groups -OCH3 is 1. The van der Waals surface area contributed by atoms with Gasteiger partial charge in [-0.25, -0.2) is 0 Å². The van der Waals surface area contributed by atoms with E-state index in [9.17, 15) is 27.2 Å². The van der Waals surface area contributed by atoms with Gasteiger partial charge in [-0.3, -0.25) is 9.59 Å². The van der Waals surface area contributed by atoms with Crippen LogP contribution in [0.15, 0.2) is 24.3 Å². The molecule has 0 amide bonds. The molecule has 0 aliphatic rings. The highest BCUT2D eigenvalue weighted by atomic mass is 19.3. The van der Waals surface area contributed by atoms with Crippen molar-refractivity contribution in [2.45, 2.75) is 31.8 Å². The lowest BCUT2D eigenvalue weighted by Crippen LogP contribution is -2.33. The third-order valence-electron chi connectivity index (χ3n) is 2.68. The number of carbonyl (C=O) groups is 2. The Bertz CT molecular complexity index is 531. The van der Waals surface area contributed by atoms with Crippen molar-refractivity contribution in [2.24, 2.45) is 0 Å². The molecule has 22 heavy (non-hydrogen) atoms. The summed E-state index contributed by atoms with van der Waals surface area (Å²) in [7, 11) is 1.22. The third kappa shape index (κ3) is 5.34. The lowest BCUT2D eigenvalue weighted by molar-refractivity contribution is -0.253. The van der Waals surface area contributed by atoms with Crippen LogP contribution in [0, 0.1) is 0 Å². The molecular weight excluding hydrogens is 308 g/mol. The first-order valence-corrected chi connectivity index (χ1v) is 6.31. The first kappa shape index (κ1) is 17.9. The molecule has 4 nitrogen and oxygen atoms in total. The first-order valence-electron chi connectivity index (χ1n) is 6.31. The molecule has 0 fully saturated rings. The van der Waals surface area contributed by atoms with E-state index in [0.29, 0.717) is 0 Å². The summed E-state index contributed by atoms with van der Waals surface area (Å²) in [6, 6.07) is 4.58. The van der Waals surface area contributed by atoms with E-state index < -0.39 is 30.0 Å². The molecule has 0 aliphatic carbocycles. The zero-order valence-electron chi connectivity index (χ0n) is 11.7. The molecule has 0 bridgehead atoms. The molecule has 0 radical (unpaired) electrons. The monoisotopic (exact) mass is 322 g/mol. The Kier molecular flexibility index (Phi) is 6.33.